The molecular formula is C17H22N2O3S. The van der Waals surface area contributed by atoms with Crippen LogP contribution in [0, 0.1) is 0 Å². The summed E-state index contributed by atoms with van der Waals surface area (Å²) >= 11 is 1.77. The zero-order valence-corrected chi connectivity index (χ0v) is 14.1. The Balaban J connectivity index is 1.37. The van der Waals surface area contributed by atoms with Crippen molar-refractivity contribution >= 4 is 17.7 Å². The fraction of sp³-hybridized carbons (Fsp3) is 0.588. The number of likely N-dealkylation sites (tertiary alicyclic amines) is 1. The molecule has 1 N–H and O–H groups in total. The van der Waals surface area contributed by atoms with Crippen molar-refractivity contribution in [1.82, 2.24) is 10.2 Å². The van der Waals surface area contributed by atoms with Crippen molar-refractivity contribution in [2.45, 2.75) is 36.8 Å². The number of ether oxygens (including phenoxy) is 2. The molecule has 0 bridgehead atoms. The number of fused-ring (bicyclic) bond motifs is 1. The second kappa shape index (κ2) is 5.91. The van der Waals surface area contributed by atoms with Crippen LogP contribution in [0.3, 0.4) is 0 Å². The lowest BCUT2D eigenvalue weighted by atomic mass is 10.0. The van der Waals surface area contributed by atoms with Gasteiger partial charge in [-0.3, -0.25) is 9.69 Å². The smallest absolute Gasteiger partial charge is 0.231 e. The van der Waals surface area contributed by atoms with E-state index in [2.05, 4.69) is 17.1 Å². The van der Waals surface area contributed by atoms with Crippen LogP contribution in [0.5, 0.6) is 11.5 Å². The Hall–Kier alpha value is -1.40. The molecule has 5 nitrogen and oxygen atoms in total. The summed E-state index contributed by atoms with van der Waals surface area (Å²) in [6.45, 7) is 4.76. The zero-order chi connectivity index (χ0) is 15.9. The van der Waals surface area contributed by atoms with Crippen LogP contribution in [-0.2, 0) is 4.79 Å². The number of nitrogens with one attached hydrogen (secondary N) is 1. The molecule has 4 rings (SSSR count). The van der Waals surface area contributed by atoms with Crippen LogP contribution >= 0.6 is 11.8 Å². The molecule has 2 unspecified atom stereocenters. The first kappa shape index (κ1) is 15.1. The van der Waals surface area contributed by atoms with Gasteiger partial charge >= 0.3 is 0 Å². The molecule has 0 saturated carbocycles. The molecule has 2 atom stereocenters. The van der Waals surface area contributed by atoms with Gasteiger partial charge in [0, 0.05) is 19.1 Å². The number of benzene rings is 1. The van der Waals surface area contributed by atoms with E-state index in [4.69, 9.17) is 9.47 Å². The van der Waals surface area contributed by atoms with E-state index in [-0.39, 0.29) is 16.9 Å². The lowest BCUT2D eigenvalue weighted by Gasteiger charge is -2.43. The van der Waals surface area contributed by atoms with Gasteiger partial charge in [0.1, 0.15) is 12.7 Å². The molecule has 0 radical (unpaired) electrons. The highest BCUT2D eigenvalue weighted by atomic mass is 32.2. The molecule has 1 spiro atoms. The highest BCUT2D eigenvalue weighted by Crippen LogP contribution is 2.38. The standard InChI is InChI=1S/C17H22N2O3S/c1-12(15-10-21-13-4-2-3-5-14(13)22-15)19-8-6-17(7-9-19)18-16(20)11-23-17/h2-5,12,15H,6-11H2,1H3,(H,18,20). The van der Waals surface area contributed by atoms with E-state index in [1.807, 2.05) is 24.3 Å². The van der Waals surface area contributed by atoms with E-state index < -0.39 is 0 Å². The first-order valence-corrected chi connectivity index (χ1v) is 9.21. The predicted molar refractivity (Wildman–Crippen MR) is 90.0 cm³/mol. The highest BCUT2D eigenvalue weighted by Gasteiger charge is 2.43. The third-order valence-electron chi connectivity index (χ3n) is 5.10. The van der Waals surface area contributed by atoms with Crippen LogP contribution < -0.4 is 14.8 Å². The molecule has 1 amide bonds. The van der Waals surface area contributed by atoms with E-state index in [0.717, 1.165) is 37.4 Å². The Morgan fingerprint density at radius 2 is 2.04 bits per heavy atom. The third kappa shape index (κ3) is 2.90. The summed E-state index contributed by atoms with van der Waals surface area (Å²) in [6.07, 6.45) is 2.04. The summed E-state index contributed by atoms with van der Waals surface area (Å²) in [4.78, 5) is 13.9. The number of piperidine rings is 1. The number of carbonyl (C=O) groups is 1. The fourth-order valence-electron chi connectivity index (χ4n) is 3.60. The van der Waals surface area contributed by atoms with E-state index in [1.165, 1.54) is 0 Å². The van der Waals surface area contributed by atoms with Crippen molar-refractivity contribution in [1.29, 1.82) is 0 Å². The van der Waals surface area contributed by atoms with E-state index in [0.29, 0.717) is 18.4 Å². The van der Waals surface area contributed by atoms with Crippen molar-refractivity contribution in [3.05, 3.63) is 24.3 Å². The normalized spacial score (nSPS) is 27.7. The topological polar surface area (TPSA) is 50.8 Å². The minimum absolute atomic E-state index is 0.0240. The van der Waals surface area contributed by atoms with Crippen molar-refractivity contribution in [2.75, 3.05) is 25.4 Å². The molecule has 124 valence electrons. The van der Waals surface area contributed by atoms with Crippen LogP contribution in [0.1, 0.15) is 19.8 Å². The van der Waals surface area contributed by atoms with Gasteiger partial charge in [-0.1, -0.05) is 12.1 Å². The molecule has 2 saturated heterocycles. The Morgan fingerprint density at radius 1 is 1.30 bits per heavy atom. The lowest BCUT2D eigenvalue weighted by Crippen LogP contribution is -2.55. The number of amides is 1. The quantitative estimate of drug-likeness (QED) is 0.895. The number of thioether (sulfide) groups is 1. The maximum Gasteiger partial charge on any atom is 0.231 e. The molecule has 1 aromatic carbocycles. The summed E-state index contributed by atoms with van der Waals surface area (Å²) in [5.41, 5.74) is 0. The highest BCUT2D eigenvalue weighted by molar-refractivity contribution is 8.01. The minimum atomic E-state index is -0.0240. The summed E-state index contributed by atoms with van der Waals surface area (Å²) < 4.78 is 12.0. The monoisotopic (exact) mass is 334 g/mol. The predicted octanol–water partition coefficient (Wildman–Crippen LogP) is 1.87. The molecule has 0 aliphatic carbocycles. The third-order valence-corrected chi connectivity index (χ3v) is 6.57. The molecule has 2 fully saturated rings. The lowest BCUT2D eigenvalue weighted by molar-refractivity contribution is -0.119. The SMILES string of the molecule is CC(C1COc2ccccc2O1)N1CCC2(CC1)NC(=O)CS2. The van der Waals surface area contributed by atoms with Crippen LogP contribution in [-0.4, -0.2) is 53.3 Å². The second-order valence-corrected chi connectivity index (χ2v) is 7.88. The molecular weight excluding hydrogens is 312 g/mol. The summed E-state index contributed by atoms with van der Waals surface area (Å²) in [5, 5.41) is 3.16. The number of hydrogen-bond donors (Lipinski definition) is 1. The summed E-state index contributed by atoms with van der Waals surface area (Å²) in [5.74, 6) is 2.45. The second-order valence-electron chi connectivity index (χ2n) is 6.52. The molecule has 3 heterocycles. The minimum Gasteiger partial charge on any atom is -0.486 e. The van der Waals surface area contributed by atoms with Crippen molar-refractivity contribution < 1.29 is 14.3 Å². The van der Waals surface area contributed by atoms with Gasteiger partial charge in [0.25, 0.3) is 0 Å². The Kier molecular flexibility index (Phi) is 3.89. The van der Waals surface area contributed by atoms with Gasteiger partial charge in [0.15, 0.2) is 11.5 Å². The maximum atomic E-state index is 11.5. The van der Waals surface area contributed by atoms with Crippen LogP contribution in [0.15, 0.2) is 24.3 Å². The Labute approximate surface area is 140 Å². The van der Waals surface area contributed by atoms with E-state index >= 15 is 0 Å². The molecule has 1 aromatic rings. The molecule has 3 aliphatic rings. The zero-order valence-electron chi connectivity index (χ0n) is 13.3. The molecule has 3 aliphatic heterocycles. The van der Waals surface area contributed by atoms with Gasteiger partial charge in [-0.15, -0.1) is 11.8 Å². The molecule has 23 heavy (non-hydrogen) atoms. The Bertz CT molecular complexity index is 601. The number of carbonyl (C=O) groups excluding carboxylic acids is 1. The van der Waals surface area contributed by atoms with Gasteiger partial charge in [-0.05, 0) is 31.9 Å². The number of rotatable bonds is 2. The van der Waals surface area contributed by atoms with Gasteiger partial charge in [0.2, 0.25) is 5.91 Å². The summed E-state index contributed by atoms with van der Waals surface area (Å²) in [6, 6.07) is 8.14. The fourth-order valence-corrected chi connectivity index (χ4v) is 4.74. The van der Waals surface area contributed by atoms with Gasteiger partial charge < -0.3 is 14.8 Å². The van der Waals surface area contributed by atoms with Crippen molar-refractivity contribution in [2.24, 2.45) is 0 Å². The molecule has 6 heteroatoms. The average Bonchev–Trinajstić information content (AvgIpc) is 2.95. The Morgan fingerprint density at radius 3 is 2.74 bits per heavy atom. The largest absolute Gasteiger partial charge is 0.486 e. The van der Waals surface area contributed by atoms with Crippen LogP contribution in [0.25, 0.3) is 0 Å². The average molecular weight is 334 g/mol. The number of nitrogens with zero attached hydrogens (tertiary/aromatic N) is 1. The summed E-state index contributed by atoms with van der Waals surface area (Å²) in [7, 11) is 0. The maximum absolute atomic E-state index is 11.5. The van der Waals surface area contributed by atoms with Gasteiger partial charge in [-0.25, -0.2) is 0 Å². The van der Waals surface area contributed by atoms with Gasteiger partial charge in [0.05, 0.1) is 10.6 Å². The van der Waals surface area contributed by atoms with E-state index in [9.17, 15) is 4.79 Å². The van der Waals surface area contributed by atoms with Crippen LogP contribution in [0.4, 0.5) is 0 Å². The van der Waals surface area contributed by atoms with E-state index in [1.54, 1.807) is 11.8 Å². The van der Waals surface area contributed by atoms with Crippen LogP contribution in [0.2, 0.25) is 0 Å². The van der Waals surface area contributed by atoms with Gasteiger partial charge in [-0.2, -0.15) is 0 Å². The molecule has 0 aromatic heterocycles. The van der Waals surface area contributed by atoms with Crippen molar-refractivity contribution in [3.8, 4) is 11.5 Å². The first-order valence-electron chi connectivity index (χ1n) is 8.23. The van der Waals surface area contributed by atoms with Crippen molar-refractivity contribution in [3.63, 3.8) is 0 Å². The first-order chi connectivity index (χ1) is 11.2. The number of hydrogen-bond acceptors (Lipinski definition) is 5. The number of para-hydroxylation sites is 2.